The summed E-state index contributed by atoms with van der Waals surface area (Å²) >= 11 is 0. The highest BCUT2D eigenvalue weighted by Crippen LogP contribution is 2.18. The summed E-state index contributed by atoms with van der Waals surface area (Å²) in [6.45, 7) is 0. The summed E-state index contributed by atoms with van der Waals surface area (Å²) in [5, 5.41) is 0. The van der Waals surface area contributed by atoms with E-state index >= 15 is 0 Å². The number of rotatable bonds is 1. The van der Waals surface area contributed by atoms with E-state index in [0.717, 1.165) is 25.7 Å². The molecule has 0 bridgehead atoms. The van der Waals surface area contributed by atoms with Crippen LogP contribution in [0.5, 0.6) is 0 Å². The Labute approximate surface area is 61.5 Å². The lowest BCUT2D eigenvalue weighted by atomic mass is 9.92. The van der Waals surface area contributed by atoms with Gasteiger partial charge in [-0.3, -0.25) is 4.99 Å². The summed E-state index contributed by atoms with van der Waals surface area (Å²) in [5.41, 5.74) is 10.9. The molecule has 0 aliphatic heterocycles. The summed E-state index contributed by atoms with van der Waals surface area (Å²) < 4.78 is 0. The van der Waals surface area contributed by atoms with Gasteiger partial charge in [0.2, 0.25) is 0 Å². The Morgan fingerprint density at radius 3 is 2.30 bits per heavy atom. The van der Waals surface area contributed by atoms with Crippen LogP contribution in [0.25, 0.3) is 0 Å². The average Bonchev–Trinajstić information content (AvgIpc) is 1.95. The third-order valence-electron chi connectivity index (χ3n) is 2.04. The lowest BCUT2D eigenvalue weighted by molar-refractivity contribution is 0.397. The fourth-order valence-electron chi connectivity index (χ4n) is 1.37. The van der Waals surface area contributed by atoms with Gasteiger partial charge < -0.3 is 11.5 Å². The van der Waals surface area contributed by atoms with Crippen molar-refractivity contribution in [3.8, 4) is 0 Å². The molecule has 4 N–H and O–H groups in total. The Hall–Kier alpha value is -0.570. The van der Waals surface area contributed by atoms with Crippen molar-refractivity contribution in [2.24, 2.45) is 16.5 Å². The minimum atomic E-state index is 0.407. The number of hydrogen-bond acceptors (Lipinski definition) is 2. The van der Waals surface area contributed by atoms with Gasteiger partial charge in [0.05, 0.1) is 12.4 Å². The molecule has 0 atom stereocenters. The highest BCUT2D eigenvalue weighted by atomic mass is 14.8. The summed E-state index contributed by atoms with van der Waals surface area (Å²) in [6, 6.07) is 0.856. The number of aliphatic imine (C=N–C) groups is 1. The molecule has 0 amide bonds. The zero-order valence-electron chi connectivity index (χ0n) is 6.16. The molecule has 58 valence electrons. The van der Waals surface area contributed by atoms with Crippen LogP contribution in [0.15, 0.2) is 4.99 Å². The molecule has 3 heteroatoms. The molecule has 3 nitrogen and oxygen atoms in total. The van der Waals surface area contributed by atoms with E-state index in [-0.39, 0.29) is 0 Å². The van der Waals surface area contributed by atoms with Gasteiger partial charge in [-0.2, -0.15) is 0 Å². The van der Waals surface area contributed by atoms with E-state index in [0.29, 0.717) is 12.1 Å². The first-order valence-electron chi connectivity index (χ1n) is 3.82. The van der Waals surface area contributed by atoms with E-state index in [1.54, 1.807) is 0 Å². The van der Waals surface area contributed by atoms with Crippen molar-refractivity contribution >= 4 is 6.34 Å². The second-order valence-corrected chi connectivity index (χ2v) is 2.87. The highest BCUT2D eigenvalue weighted by molar-refractivity contribution is 5.51. The Balaban J connectivity index is 2.26. The average molecular weight is 141 g/mol. The van der Waals surface area contributed by atoms with Crippen molar-refractivity contribution in [2.45, 2.75) is 37.8 Å². The van der Waals surface area contributed by atoms with E-state index in [1.165, 1.54) is 6.34 Å². The normalized spacial score (nSPS) is 34.9. The summed E-state index contributed by atoms with van der Waals surface area (Å²) in [6.07, 6.45) is 5.81. The minimum absolute atomic E-state index is 0.407. The smallest absolute Gasteiger partial charge is 0.0801 e. The fraction of sp³-hybridized carbons (Fsp3) is 0.857. The van der Waals surface area contributed by atoms with Crippen LogP contribution in [0.3, 0.4) is 0 Å². The number of nitrogens with zero attached hydrogens (tertiary/aromatic N) is 1. The van der Waals surface area contributed by atoms with E-state index in [1.807, 2.05) is 0 Å². The molecule has 1 aliphatic carbocycles. The topological polar surface area (TPSA) is 64.4 Å². The lowest BCUT2D eigenvalue weighted by Gasteiger charge is -2.22. The van der Waals surface area contributed by atoms with Crippen molar-refractivity contribution < 1.29 is 0 Å². The predicted octanol–water partition coefficient (Wildman–Crippen LogP) is 0.243. The maximum Gasteiger partial charge on any atom is 0.0801 e. The zero-order valence-corrected chi connectivity index (χ0v) is 6.16. The molecule has 0 aromatic carbocycles. The zero-order chi connectivity index (χ0) is 7.40. The first-order chi connectivity index (χ1) is 4.83. The van der Waals surface area contributed by atoms with Crippen LogP contribution in [0.4, 0.5) is 0 Å². The molecule has 0 saturated heterocycles. The van der Waals surface area contributed by atoms with Gasteiger partial charge in [-0.15, -0.1) is 0 Å². The van der Waals surface area contributed by atoms with Gasteiger partial charge in [0.15, 0.2) is 0 Å². The molecule has 0 aromatic rings. The molecule has 1 rings (SSSR count). The second kappa shape index (κ2) is 3.56. The van der Waals surface area contributed by atoms with Crippen molar-refractivity contribution in [3.05, 3.63) is 0 Å². The SMILES string of the molecule is NC=NC1CCC(N)CC1. The molecule has 0 radical (unpaired) electrons. The summed E-state index contributed by atoms with van der Waals surface area (Å²) in [4.78, 5) is 4.12. The minimum Gasteiger partial charge on any atom is -0.390 e. The van der Waals surface area contributed by atoms with Crippen molar-refractivity contribution in [1.29, 1.82) is 0 Å². The van der Waals surface area contributed by atoms with Crippen LogP contribution >= 0.6 is 0 Å². The Kier molecular flexibility index (Phi) is 2.68. The molecule has 0 spiro atoms. The van der Waals surface area contributed by atoms with Crippen LogP contribution in [0.1, 0.15) is 25.7 Å². The first kappa shape index (κ1) is 7.54. The van der Waals surface area contributed by atoms with Gasteiger partial charge in [0.1, 0.15) is 0 Å². The van der Waals surface area contributed by atoms with Crippen molar-refractivity contribution in [1.82, 2.24) is 0 Å². The van der Waals surface area contributed by atoms with Crippen LogP contribution < -0.4 is 11.5 Å². The molecule has 1 saturated carbocycles. The third kappa shape index (κ3) is 1.99. The monoisotopic (exact) mass is 141 g/mol. The van der Waals surface area contributed by atoms with Crippen molar-refractivity contribution in [2.75, 3.05) is 0 Å². The third-order valence-corrected chi connectivity index (χ3v) is 2.04. The summed E-state index contributed by atoms with van der Waals surface area (Å²) in [7, 11) is 0. The van der Waals surface area contributed by atoms with E-state index in [2.05, 4.69) is 4.99 Å². The molecule has 0 heterocycles. The standard InChI is InChI=1S/C7H15N3/c8-5-10-7-3-1-6(9)2-4-7/h5-7H,1-4,9H2,(H2,8,10). The Bertz CT molecular complexity index is 114. The van der Waals surface area contributed by atoms with Gasteiger partial charge in [-0.05, 0) is 25.7 Å². The van der Waals surface area contributed by atoms with Crippen LogP contribution in [0, 0.1) is 0 Å². The maximum atomic E-state index is 5.71. The predicted molar refractivity (Wildman–Crippen MR) is 42.9 cm³/mol. The Morgan fingerprint density at radius 2 is 1.80 bits per heavy atom. The molecular weight excluding hydrogens is 126 g/mol. The first-order valence-corrected chi connectivity index (χ1v) is 3.82. The van der Waals surface area contributed by atoms with Crippen LogP contribution in [-0.4, -0.2) is 18.4 Å². The fourth-order valence-corrected chi connectivity index (χ4v) is 1.37. The molecule has 1 fully saturated rings. The Morgan fingerprint density at radius 1 is 1.20 bits per heavy atom. The number of nitrogens with two attached hydrogens (primary N) is 2. The highest BCUT2D eigenvalue weighted by Gasteiger charge is 2.16. The van der Waals surface area contributed by atoms with Gasteiger partial charge in [0, 0.05) is 6.04 Å². The van der Waals surface area contributed by atoms with E-state index in [4.69, 9.17) is 11.5 Å². The lowest BCUT2D eigenvalue weighted by Crippen LogP contribution is -2.28. The second-order valence-electron chi connectivity index (χ2n) is 2.87. The maximum absolute atomic E-state index is 5.71. The van der Waals surface area contributed by atoms with Gasteiger partial charge in [-0.25, -0.2) is 0 Å². The quantitative estimate of drug-likeness (QED) is 0.406. The van der Waals surface area contributed by atoms with Gasteiger partial charge >= 0.3 is 0 Å². The van der Waals surface area contributed by atoms with E-state index in [9.17, 15) is 0 Å². The van der Waals surface area contributed by atoms with Gasteiger partial charge in [-0.1, -0.05) is 0 Å². The van der Waals surface area contributed by atoms with E-state index < -0.39 is 0 Å². The molecule has 0 unspecified atom stereocenters. The number of hydrogen-bond donors (Lipinski definition) is 2. The van der Waals surface area contributed by atoms with Crippen LogP contribution in [0.2, 0.25) is 0 Å². The molecule has 10 heavy (non-hydrogen) atoms. The molecule has 1 aliphatic rings. The van der Waals surface area contributed by atoms with Gasteiger partial charge in [0.25, 0.3) is 0 Å². The van der Waals surface area contributed by atoms with Crippen molar-refractivity contribution in [3.63, 3.8) is 0 Å². The van der Waals surface area contributed by atoms with Crippen LogP contribution in [-0.2, 0) is 0 Å². The largest absolute Gasteiger partial charge is 0.390 e. The molecular formula is C7H15N3. The summed E-state index contributed by atoms with van der Waals surface area (Å²) in [5.74, 6) is 0. The molecule has 0 aromatic heterocycles.